The van der Waals surface area contributed by atoms with Crippen molar-refractivity contribution in [3.05, 3.63) is 33.8 Å². The Bertz CT molecular complexity index is 505. The van der Waals surface area contributed by atoms with E-state index in [-0.39, 0.29) is 18.4 Å². The van der Waals surface area contributed by atoms with Gasteiger partial charge in [-0.1, -0.05) is 23.2 Å². The lowest BCUT2D eigenvalue weighted by Gasteiger charge is -2.36. The summed E-state index contributed by atoms with van der Waals surface area (Å²) in [4.78, 5) is 14.8. The van der Waals surface area contributed by atoms with Crippen LogP contribution in [0.3, 0.4) is 0 Å². The van der Waals surface area contributed by atoms with Crippen LogP contribution in [-0.4, -0.2) is 41.5 Å². The summed E-state index contributed by atoms with van der Waals surface area (Å²) in [7, 11) is 0. The van der Waals surface area contributed by atoms with E-state index in [1.807, 2.05) is 6.92 Å². The summed E-state index contributed by atoms with van der Waals surface area (Å²) in [6.07, 6.45) is 3.00. The van der Waals surface area contributed by atoms with Crippen LogP contribution in [0.2, 0.25) is 10.0 Å². The molecule has 2 rings (SSSR count). The molecule has 1 aromatic carbocycles. The number of hydrogen-bond acceptors (Lipinski definition) is 3. The molecule has 2 atom stereocenters. The Morgan fingerprint density at radius 1 is 1.48 bits per heavy atom. The molecule has 1 N–H and O–H groups in total. The number of aliphatic hydroxyl groups excluding tert-OH is 1. The predicted molar refractivity (Wildman–Crippen MR) is 86.3 cm³/mol. The second-order valence-corrected chi connectivity index (χ2v) is 6.52. The van der Waals surface area contributed by atoms with E-state index >= 15 is 0 Å². The molecule has 21 heavy (non-hydrogen) atoms. The minimum atomic E-state index is -0.204. The van der Waals surface area contributed by atoms with E-state index in [0.29, 0.717) is 21.5 Å². The van der Waals surface area contributed by atoms with Crippen LogP contribution in [0.25, 0.3) is 0 Å². The first-order valence-corrected chi connectivity index (χ1v) is 8.12. The van der Waals surface area contributed by atoms with Crippen LogP contribution in [0.5, 0.6) is 0 Å². The maximum atomic E-state index is 12.6. The molecule has 0 spiro atoms. The minimum absolute atomic E-state index is 0.0290. The summed E-state index contributed by atoms with van der Waals surface area (Å²) >= 11 is 12.0. The second-order valence-electron chi connectivity index (χ2n) is 5.68. The zero-order valence-corrected chi connectivity index (χ0v) is 13.7. The highest BCUT2D eigenvalue weighted by molar-refractivity contribution is 6.37. The SMILES string of the molecule is CC(C(=O)c1ccc(Cl)cc1Cl)N1CCCC(CCO)C1. The molecule has 0 aromatic heterocycles. The molecule has 116 valence electrons. The molecule has 2 unspecified atom stereocenters. The lowest BCUT2D eigenvalue weighted by molar-refractivity contribution is 0.0728. The maximum absolute atomic E-state index is 12.6. The predicted octanol–water partition coefficient (Wildman–Crippen LogP) is 3.66. The van der Waals surface area contributed by atoms with E-state index in [9.17, 15) is 4.79 Å². The van der Waals surface area contributed by atoms with Crippen LogP contribution in [0.1, 0.15) is 36.5 Å². The molecule has 1 fully saturated rings. The van der Waals surface area contributed by atoms with Crippen LogP contribution >= 0.6 is 23.2 Å². The van der Waals surface area contributed by atoms with Gasteiger partial charge in [0, 0.05) is 23.7 Å². The third-order valence-corrected chi connectivity index (χ3v) is 4.76. The number of rotatable bonds is 5. The van der Waals surface area contributed by atoms with Gasteiger partial charge in [-0.15, -0.1) is 0 Å². The Labute approximate surface area is 135 Å². The van der Waals surface area contributed by atoms with Gasteiger partial charge in [-0.2, -0.15) is 0 Å². The van der Waals surface area contributed by atoms with Gasteiger partial charge >= 0.3 is 0 Å². The first-order valence-electron chi connectivity index (χ1n) is 7.37. The van der Waals surface area contributed by atoms with E-state index in [2.05, 4.69) is 4.90 Å². The summed E-state index contributed by atoms with van der Waals surface area (Å²) in [5.41, 5.74) is 0.526. The van der Waals surface area contributed by atoms with Crippen molar-refractivity contribution in [1.82, 2.24) is 4.90 Å². The molecular weight excluding hydrogens is 309 g/mol. The van der Waals surface area contributed by atoms with Crippen molar-refractivity contribution in [3.63, 3.8) is 0 Å². The molecule has 3 nitrogen and oxygen atoms in total. The summed E-state index contributed by atoms with van der Waals surface area (Å²) in [6, 6.07) is 4.79. The number of carbonyl (C=O) groups is 1. The Hall–Kier alpha value is -0.610. The molecule has 0 saturated carbocycles. The van der Waals surface area contributed by atoms with E-state index in [4.69, 9.17) is 28.3 Å². The smallest absolute Gasteiger partial charge is 0.181 e. The highest BCUT2D eigenvalue weighted by atomic mass is 35.5. The van der Waals surface area contributed by atoms with E-state index in [0.717, 1.165) is 32.4 Å². The average molecular weight is 330 g/mol. The number of carbonyl (C=O) groups excluding carboxylic acids is 1. The van der Waals surface area contributed by atoms with Crippen molar-refractivity contribution in [3.8, 4) is 0 Å². The van der Waals surface area contributed by atoms with Gasteiger partial charge in [0.25, 0.3) is 0 Å². The zero-order valence-electron chi connectivity index (χ0n) is 12.2. The molecule has 0 radical (unpaired) electrons. The van der Waals surface area contributed by atoms with Crippen LogP contribution in [0.4, 0.5) is 0 Å². The van der Waals surface area contributed by atoms with Crippen molar-refractivity contribution >= 4 is 29.0 Å². The minimum Gasteiger partial charge on any atom is -0.396 e. The lowest BCUT2D eigenvalue weighted by atomic mass is 9.93. The largest absolute Gasteiger partial charge is 0.396 e. The molecule has 5 heteroatoms. The van der Waals surface area contributed by atoms with Crippen LogP contribution in [0.15, 0.2) is 18.2 Å². The lowest BCUT2D eigenvalue weighted by Crippen LogP contribution is -2.45. The Morgan fingerprint density at radius 2 is 2.24 bits per heavy atom. The fourth-order valence-electron chi connectivity index (χ4n) is 2.95. The number of piperidine rings is 1. The van der Waals surface area contributed by atoms with Gasteiger partial charge in [0.15, 0.2) is 5.78 Å². The first-order chi connectivity index (χ1) is 10.0. The number of benzene rings is 1. The third kappa shape index (κ3) is 4.19. The van der Waals surface area contributed by atoms with Crippen molar-refractivity contribution in [2.75, 3.05) is 19.7 Å². The Kier molecular flexibility index (Phi) is 6.06. The molecule has 0 bridgehead atoms. The molecular formula is C16H21Cl2NO2. The first kappa shape index (κ1) is 16.8. The Balaban J connectivity index is 2.07. The van der Waals surface area contributed by atoms with Gasteiger partial charge in [-0.3, -0.25) is 9.69 Å². The number of aliphatic hydroxyl groups is 1. The number of Topliss-reactive ketones (excluding diaryl/α,β-unsaturated/α-hetero) is 1. The van der Waals surface area contributed by atoms with Gasteiger partial charge in [0.1, 0.15) is 0 Å². The monoisotopic (exact) mass is 329 g/mol. The van der Waals surface area contributed by atoms with Gasteiger partial charge in [0.05, 0.1) is 11.1 Å². The van der Waals surface area contributed by atoms with Crippen molar-refractivity contribution in [2.24, 2.45) is 5.92 Å². The molecule has 0 amide bonds. The fourth-order valence-corrected chi connectivity index (χ4v) is 3.45. The topological polar surface area (TPSA) is 40.5 Å². The number of nitrogens with zero attached hydrogens (tertiary/aromatic N) is 1. The summed E-state index contributed by atoms with van der Waals surface area (Å²) in [5.74, 6) is 0.501. The van der Waals surface area contributed by atoms with E-state index in [1.165, 1.54) is 0 Å². The maximum Gasteiger partial charge on any atom is 0.181 e. The van der Waals surface area contributed by atoms with Crippen molar-refractivity contribution < 1.29 is 9.90 Å². The van der Waals surface area contributed by atoms with Crippen LogP contribution in [0, 0.1) is 5.92 Å². The summed E-state index contributed by atoms with van der Waals surface area (Å²) < 4.78 is 0. The average Bonchev–Trinajstić information content (AvgIpc) is 2.46. The van der Waals surface area contributed by atoms with Gasteiger partial charge < -0.3 is 5.11 Å². The molecule has 1 aliphatic rings. The molecule has 1 aromatic rings. The molecule has 0 aliphatic carbocycles. The number of halogens is 2. The molecule has 1 saturated heterocycles. The highest BCUT2D eigenvalue weighted by Crippen LogP contribution is 2.26. The summed E-state index contributed by atoms with van der Waals surface area (Å²) in [5, 5.41) is 10.0. The number of hydrogen-bond donors (Lipinski definition) is 1. The normalized spacial score (nSPS) is 21.2. The van der Waals surface area contributed by atoms with Gasteiger partial charge in [-0.05, 0) is 56.8 Å². The fraction of sp³-hybridized carbons (Fsp3) is 0.562. The molecule has 1 heterocycles. The van der Waals surface area contributed by atoms with Gasteiger partial charge in [-0.25, -0.2) is 0 Å². The zero-order chi connectivity index (χ0) is 15.4. The summed E-state index contributed by atoms with van der Waals surface area (Å²) in [6.45, 7) is 3.91. The van der Waals surface area contributed by atoms with Crippen LogP contribution in [-0.2, 0) is 0 Å². The van der Waals surface area contributed by atoms with E-state index in [1.54, 1.807) is 18.2 Å². The van der Waals surface area contributed by atoms with E-state index < -0.39 is 0 Å². The highest BCUT2D eigenvalue weighted by Gasteiger charge is 2.28. The quantitative estimate of drug-likeness (QED) is 0.838. The Morgan fingerprint density at radius 3 is 2.90 bits per heavy atom. The van der Waals surface area contributed by atoms with Crippen LogP contribution < -0.4 is 0 Å². The standard InChI is InChI=1S/C16H21Cl2NO2/c1-11(19-7-2-3-12(10-19)6-8-20)16(21)14-5-4-13(17)9-15(14)18/h4-5,9,11-12,20H,2-3,6-8,10H2,1H3. The second kappa shape index (κ2) is 7.59. The third-order valence-electron chi connectivity index (χ3n) is 4.21. The van der Waals surface area contributed by atoms with Gasteiger partial charge in [0.2, 0.25) is 0 Å². The number of ketones is 1. The van der Waals surface area contributed by atoms with Crippen molar-refractivity contribution in [2.45, 2.75) is 32.2 Å². The van der Waals surface area contributed by atoms with Crippen molar-refractivity contribution in [1.29, 1.82) is 0 Å². The number of likely N-dealkylation sites (tertiary alicyclic amines) is 1. The molecule has 1 aliphatic heterocycles.